The van der Waals surface area contributed by atoms with Gasteiger partial charge in [-0.25, -0.2) is 0 Å². The molecule has 2 amide bonds. The van der Waals surface area contributed by atoms with Gasteiger partial charge in [0, 0.05) is 7.05 Å². The Kier molecular flexibility index (Phi) is 6.56. The van der Waals surface area contributed by atoms with E-state index in [2.05, 4.69) is 26.6 Å². The van der Waals surface area contributed by atoms with Crippen molar-refractivity contribution >= 4 is 27.7 Å². The van der Waals surface area contributed by atoms with Gasteiger partial charge in [0.2, 0.25) is 11.8 Å². The number of alkyl halides is 1. The average molecular weight is 279 g/mol. The van der Waals surface area contributed by atoms with Crippen LogP contribution in [0.2, 0.25) is 0 Å². The van der Waals surface area contributed by atoms with Crippen molar-refractivity contribution in [2.45, 2.75) is 38.1 Å². The summed E-state index contributed by atoms with van der Waals surface area (Å²) < 4.78 is 0. The molecule has 0 aliphatic carbocycles. The number of hydrogen-bond donors (Lipinski definition) is 2. The van der Waals surface area contributed by atoms with Crippen molar-refractivity contribution in [1.82, 2.24) is 10.6 Å². The minimum absolute atomic E-state index is 0.148. The number of rotatable bonds is 5. The van der Waals surface area contributed by atoms with Gasteiger partial charge in [-0.1, -0.05) is 29.8 Å². The Hall–Kier alpha value is -0.580. The zero-order valence-corrected chi connectivity index (χ0v) is 11.2. The number of carbonyl (C=O) groups excluding carboxylic acids is 2. The number of carbonyl (C=O) groups is 2. The van der Waals surface area contributed by atoms with Gasteiger partial charge in [-0.2, -0.15) is 0 Å². The van der Waals surface area contributed by atoms with Gasteiger partial charge in [0.15, 0.2) is 0 Å². The van der Waals surface area contributed by atoms with Gasteiger partial charge in [0.1, 0.15) is 6.04 Å². The molecule has 0 saturated heterocycles. The first kappa shape index (κ1) is 14.4. The lowest BCUT2D eigenvalue weighted by Gasteiger charge is -2.19. The van der Waals surface area contributed by atoms with Crippen molar-refractivity contribution < 1.29 is 9.59 Å². The third-order valence-electron chi connectivity index (χ3n) is 1.95. The molecule has 0 aromatic carbocycles. The molecular formula is C10H19BrN2O2. The van der Waals surface area contributed by atoms with E-state index < -0.39 is 6.04 Å². The molecule has 5 heteroatoms. The third kappa shape index (κ3) is 5.77. The third-order valence-corrected chi connectivity index (χ3v) is 2.36. The predicted octanol–water partition coefficient (Wildman–Crippen LogP) is 1.05. The summed E-state index contributed by atoms with van der Waals surface area (Å²) in [5.74, 6) is 0.0488. The fraction of sp³-hybridized carbons (Fsp3) is 0.800. The van der Waals surface area contributed by atoms with Crippen LogP contribution in [0.4, 0.5) is 0 Å². The molecular weight excluding hydrogens is 260 g/mol. The van der Waals surface area contributed by atoms with Crippen LogP contribution in [-0.2, 0) is 9.59 Å². The van der Waals surface area contributed by atoms with Gasteiger partial charge in [-0.05, 0) is 19.3 Å². The molecule has 0 aromatic heterocycles. The highest BCUT2D eigenvalue weighted by atomic mass is 79.9. The molecule has 4 nitrogen and oxygen atoms in total. The van der Waals surface area contributed by atoms with Crippen LogP contribution in [-0.4, -0.2) is 29.7 Å². The van der Waals surface area contributed by atoms with Crippen molar-refractivity contribution in [2.24, 2.45) is 5.92 Å². The molecule has 0 heterocycles. The standard InChI is InChI=1S/C10H19BrN2O2/c1-6(2)5-8(10(15)12-4)13-9(14)7(3)11/h6-8H,5H2,1-4H3,(H,12,15)(H,13,14). The van der Waals surface area contributed by atoms with Gasteiger partial charge >= 0.3 is 0 Å². The summed E-state index contributed by atoms with van der Waals surface area (Å²) in [5, 5.41) is 5.25. The molecule has 2 unspecified atom stereocenters. The van der Waals surface area contributed by atoms with Crippen LogP contribution in [0.25, 0.3) is 0 Å². The highest BCUT2D eigenvalue weighted by Crippen LogP contribution is 2.06. The second-order valence-electron chi connectivity index (χ2n) is 3.92. The molecule has 0 aliphatic heterocycles. The first-order valence-electron chi connectivity index (χ1n) is 5.04. The molecule has 88 valence electrons. The monoisotopic (exact) mass is 278 g/mol. The summed E-state index contributed by atoms with van der Waals surface area (Å²) in [7, 11) is 1.57. The van der Waals surface area contributed by atoms with Crippen molar-refractivity contribution in [1.29, 1.82) is 0 Å². The molecule has 2 N–H and O–H groups in total. The smallest absolute Gasteiger partial charge is 0.242 e. The Morgan fingerprint density at radius 2 is 1.73 bits per heavy atom. The predicted molar refractivity (Wildman–Crippen MR) is 63.8 cm³/mol. The maximum absolute atomic E-state index is 11.5. The molecule has 0 saturated carbocycles. The van der Waals surface area contributed by atoms with E-state index in [4.69, 9.17) is 0 Å². The van der Waals surface area contributed by atoms with Gasteiger partial charge in [0.05, 0.1) is 4.83 Å². The van der Waals surface area contributed by atoms with Gasteiger partial charge in [-0.15, -0.1) is 0 Å². The maximum atomic E-state index is 11.5. The summed E-state index contributed by atoms with van der Waals surface area (Å²) >= 11 is 3.16. The van der Waals surface area contributed by atoms with E-state index in [0.29, 0.717) is 12.3 Å². The molecule has 0 spiro atoms. The Labute approximate surface area is 99.3 Å². The Morgan fingerprint density at radius 1 is 1.20 bits per heavy atom. The second-order valence-corrected chi connectivity index (χ2v) is 5.29. The Balaban J connectivity index is 4.37. The van der Waals surface area contributed by atoms with Crippen molar-refractivity contribution in [2.75, 3.05) is 7.05 Å². The first-order chi connectivity index (χ1) is 6.88. The summed E-state index contributed by atoms with van der Waals surface area (Å²) in [6, 6.07) is -0.442. The summed E-state index contributed by atoms with van der Waals surface area (Å²) in [6.07, 6.45) is 0.644. The molecule has 2 atom stereocenters. The van der Waals surface area contributed by atoms with E-state index in [0.717, 1.165) is 0 Å². The minimum atomic E-state index is -0.442. The van der Waals surface area contributed by atoms with Crippen molar-refractivity contribution in [3.8, 4) is 0 Å². The molecule has 0 bridgehead atoms. The number of halogens is 1. The lowest BCUT2D eigenvalue weighted by molar-refractivity contribution is -0.128. The molecule has 0 aromatic rings. The largest absolute Gasteiger partial charge is 0.357 e. The summed E-state index contributed by atoms with van der Waals surface area (Å²) in [5.41, 5.74) is 0. The minimum Gasteiger partial charge on any atom is -0.357 e. The van der Waals surface area contributed by atoms with Crippen LogP contribution in [0.1, 0.15) is 27.2 Å². The van der Waals surface area contributed by atoms with Crippen molar-refractivity contribution in [3.05, 3.63) is 0 Å². The second kappa shape index (κ2) is 6.82. The first-order valence-corrected chi connectivity index (χ1v) is 5.96. The van der Waals surface area contributed by atoms with E-state index in [1.54, 1.807) is 14.0 Å². The van der Waals surface area contributed by atoms with Crippen LogP contribution in [0.3, 0.4) is 0 Å². The molecule has 15 heavy (non-hydrogen) atoms. The fourth-order valence-corrected chi connectivity index (χ4v) is 1.30. The fourth-order valence-electron chi connectivity index (χ4n) is 1.16. The van der Waals surface area contributed by atoms with E-state index in [9.17, 15) is 9.59 Å². The number of nitrogens with one attached hydrogen (secondary N) is 2. The lowest BCUT2D eigenvalue weighted by atomic mass is 10.0. The quantitative estimate of drug-likeness (QED) is 0.739. The molecule has 0 radical (unpaired) electrons. The lowest BCUT2D eigenvalue weighted by Crippen LogP contribution is -2.48. The topological polar surface area (TPSA) is 58.2 Å². The molecule has 0 fully saturated rings. The average Bonchev–Trinajstić information content (AvgIpc) is 2.14. The highest BCUT2D eigenvalue weighted by molar-refractivity contribution is 9.10. The van der Waals surface area contributed by atoms with E-state index in [-0.39, 0.29) is 16.6 Å². The van der Waals surface area contributed by atoms with Gasteiger partial charge < -0.3 is 10.6 Å². The zero-order chi connectivity index (χ0) is 12.0. The number of amides is 2. The Bertz CT molecular complexity index is 229. The maximum Gasteiger partial charge on any atom is 0.242 e. The molecule has 0 aliphatic rings. The van der Waals surface area contributed by atoms with Crippen LogP contribution in [0.15, 0.2) is 0 Å². The van der Waals surface area contributed by atoms with Crippen LogP contribution in [0.5, 0.6) is 0 Å². The summed E-state index contributed by atoms with van der Waals surface area (Å²) in [4.78, 5) is 22.6. The highest BCUT2D eigenvalue weighted by Gasteiger charge is 2.22. The Morgan fingerprint density at radius 3 is 2.07 bits per heavy atom. The van der Waals surface area contributed by atoms with Crippen molar-refractivity contribution in [3.63, 3.8) is 0 Å². The number of hydrogen-bond acceptors (Lipinski definition) is 2. The summed E-state index contributed by atoms with van der Waals surface area (Å²) in [6.45, 7) is 5.75. The zero-order valence-electron chi connectivity index (χ0n) is 9.63. The van der Waals surface area contributed by atoms with Gasteiger partial charge in [0.25, 0.3) is 0 Å². The normalized spacial score (nSPS) is 14.5. The van der Waals surface area contributed by atoms with Crippen LogP contribution in [0, 0.1) is 5.92 Å². The van der Waals surface area contributed by atoms with E-state index in [1.807, 2.05) is 13.8 Å². The SMILES string of the molecule is CNC(=O)C(CC(C)C)NC(=O)C(C)Br. The van der Waals surface area contributed by atoms with E-state index in [1.165, 1.54) is 0 Å². The molecule has 0 rings (SSSR count). The van der Waals surface area contributed by atoms with Crippen LogP contribution >= 0.6 is 15.9 Å². The van der Waals surface area contributed by atoms with Crippen LogP contribution < -0.4 is 10.6 Å². The van der Waals surface area contributed by atoms with E-state index >= 15 is 0 Å². The van der Waals surface area contributed by atoms with Gasteiger partial charge in [-0.3, -0.25) is 9.59 Å². The number of likely N-dealkylation sites (N-methyl/N-ethyl adjacent to an activating group) is 1.